The molecule has 1 rings (SSSR count). The lowest BCUT2D eigenvalue weighted by Gasteiger charge is -2.03. The minimum absolute atomic E-state index is 0. The highest BCUT2D eigenvalue weighted by atomic mass is 35.5. The second kappa shape index (κ2) is 9.71. The molecule has 0 saturated heterocycles. The Hall–Kier alpha value is -0.840. The highest BCUT2D eigenvalue weighted by molar-refractivity contribution is 5.85. The fourth-order valence-electron chi connectivity index (χ4n) is 0.921. The van der Waals surface area contributed by atoms with Gasteiger partial charge in [-0.05, 0) is 17.7 Å². The first kappa shape index (κ1) is 16.6. The average Bonchev–Trinajstić information content (AvgIpc) is 2.17. The van der Waals surface area contributed by atoms with E-state index in [1.54, 1.807) is 12.4 Å². The molecule has 0 atom stereocenters. The number of carbonyl (C=O) groups is 1. The van der Waals surface area contributed by atoms with E-state index in [9.17, 15) is 4.79 Å². The van der Waals surface area contributed by atoms with Gasteiger partial charge in [0.25, 0.3) is 0 Å². The van der Waals surface area contributed by atoms with Crippen molar-refractivity contribution in [2.45, 2.75) is 13.0 Å². The third-order valence-corrected chi connectivity index (χ3v) is 1.61. The lowest BCUT2D eigenvalue weighted by Crippen LogP contribution is -2.24. The Labute approximate surface area is 101 Å². The van der Waals surface area contributed by atoms with E-state index in [1.807, 2.05) is 12.1 Å². The molecule has 0 fully saturated rings. The summed E-state index contributed by atoms with van der Waals surface area (Å²) in [6, 6.07) is 3.73. The van der Waals surface area contributed by atoms with Crippen LogP contribution in [0.25, 0.3) is 0 Å². The second-order valence-electron chi connectivity index (χ2n) is 2.67. The van der Waals surface area contributed by atoms with Gasteiger partial charge in [0.2, 0.25) is 5.91 Å². The predicted molar refractivity (Wildman–Crippen MR) is 64.3 cm³/mol. The Balaban J connectivity index is 0. The Bertz CT molecular complexity index is 269. The van der Waals surface area contributed by atoms with Crippen LogP contribution in [0, 0.1) is 0 Å². The number of nitrogens with two attached hydrogens (primary N) is 1. The van der Waals surface area contributed by atoms with Gasteiger partial charge in [-0.15, -0.1) is 24.8 Å². The van der Waals surface area contributed by atoms with E-state index in [4.69, 9.17) is 5.73 Å². The second-order valence-corrected chi connectivity index (χ2v) is 2.67. The lowest BCUT2D eigenvalue weighted by atomic mass is 10.2. The molecule has 0 radical (unpaired) electrons. The molecular weight excluding hydrogens is 237 g/mol. The van der Waals surface area contributed by atoms with Crippen molar-refractivity contribution in [3.63, 3.8) is 0 Å². The van der Waals surface area contributed by atoms with E-state index in [-0.39, 0.29) is 30.7 Å². The van der Waals surface area contributed by atoms with Gasteiger partial charge < -0.3 is 11.1 Å². The fraction of sp³-hybridized carbons (Fsp3) is 0.333. The van der Waals surface area contributed by atoms with Gasteiger partial charge in [0, 0.05) is 31.9 Å². The van der Waals surface area contributed by atoms with Crippen molar-refractivity contribution in [1.29, 1.82) is 0 Å². The predicted octanol–water partition coefficient (Wildman–Crippen LogP) is 0.890. The number of amides is 1. The normalized spacial score (nSPS) is 8.33. The van der Waals surface area contributed by atoms with Crippen molar-refractivity contribution in [3.8, 4) is 0 Å². The first-order valence-corrected chi connectivity index (χ1v) is 4.18. The maximum absolute atomic E-state index is 11.0. The molecule has 0 aliphatic carbocycles. The summed E-state index contributed by atoms with van der Waals surface area (Å²) in [5.41, 5.74) is 6.27. The summed E-state index contributed by atoms with van der Waals surface area (Å²) in [5.74, 6) is -0.0145. The summed E-state index contributed by atoms with van der Waals surface area (Å²) in [4.78, 5) is 14.9. The van der Waals surface area contributed by atoms with E-state index >= 15 is 0 Å². The molecule has 1 aromatic rings. The van der Waals surface area contributed by atoms with Crippen LogP contribution in [0.2, 0.25) is 0 Å². The topological polar surface area (TPSA) is 68.0 Å². The highest BCUT2D eigenvalue weighted by Gasteiger charge is 1.98. The summed E-state index contributed by atoms with van der Waals surface area (Å²) in [7, 11) is 0. The Morgan fingerprint density at radius 2 is 1.93 bits per heavy atom. The van der Waals surface area contributed by atoms with Crippen LogP contribution in [0.1, 0.15) is 12.0 Å². The minimum atomic E-state index is -0.0145. The van der Waals surface area contributed by atoms with Crippen LogP contribution in [0.4, 0.5) is 0 Å². The van der Waals surface area contributed by atoms with Crippen LogP contribution in [-0.2, 0) is 11.3 Å². The zero-order chi connectivity index (χ0) is 9.52. The van der Waals surface area contributed by atoms with Gasteiger partial charge in [-0.1, -0.05) is 0 Å². The molecule has 0 spiro atoms. The van der Waals surface area contributed by atoms with Crippen LogP contribution in [0.3, 0.4) is 0 Å². The molecule has 1 amide bonds. The molecule has 4 nitrogen and oxygen atoms in total. The summed E-state index contributed by atoms with van der Waals surface area (Å²) in [6.07, 6.45) is 3.78. The van der Waals surface area contributed by atoms with Crippen LogP contribution in [-0.4, -0.2) is 17.4 Å². The van der Waals surface area contributed by atoms with Crippen molar-refractivity contribution in [2.75, 3.05) is 6.54 Å². The molecule has 0 unspecified atom stereocenters. The number of pyridine rings is 1. The Kier molecular flexibility index (Phi) is 10.7. The number of hydrogen-bond donors (Lipinski definition) is 2. The summed E-state index contributed by atoms with van der Waals surface area (Å²) in [6.45, 7) is 0.934. The number of nitrogens with one attached hydrogen (secondary N) is 1. The summed E-state index contributed by atoms with van der Waals surface area (Å²) in [5, 5.41) is 2.75. The van der Waals surface area contributed by atoms with E-state index in [1.165, 1.54) is 0 Å². The summed E-state index contributed by atoms with van der Waals surface area (Å²) < 4.78 is 0. The van der Waals surface area contributed by atoms with Gasteiger partial charge in [0.1, 0.15) is 0 Å². The van der Waals surface area contributed by atoms with Gasteiger partial charge in [-0.3, -0.25) is 9.78 Å². The standard InChI is InChI=1S/C9H13N3O.2ClH/c10-4-1-9(13)12-7-8-2-5-11-6-3-8;;/h2-3,5-6H,1,4,7,10H2,(H,12,13);2*1H. The van der Waals surface area contributed by atoms with Gasteiger partial charge >= 0.3 is 0 Å². The molecular formula is C9H15Cl2N3O. The number of aromatic nitrogens is 1. The third kappa shape index (κ3) is 7.13. The first-order chi connectivity index (χ1) is 6.33. The molecule has 1 aromatic heterocycles. The monoisotopic (exact) mass is 251 g/mol. The maximum atomic E-state index is 11.0. The quantitative estimate of drug-likeness (QED) is 0.836. The molecule has 0 aliphatic heterocycles. The van der Waals surface area contributed by atoms with Gasteiger partial charge in [-0.25, -0.2) is 0 Å². The number of carbonyl (C=O) groups excluding carboxylic acids is 1. The zero-order valence-electron chi connectivity index (χ0n) is 8.18. The van der Waals surface area contributed by atoms with Crippen molar-refractivity contribution < 1.29 is 4.79 Å². The first-order valence-electron chi connectivity index (χ1n) is 4.18. The molecule has 86 valence electrons. The van der Waals surface area contributed by atoms with E-state index in [2.05, 4.69) is 10.3 Å². The van der Waals surface area contributed by atoms with Crippen LogP contribution in [0.5, 0.6) is 0 Å². The molecule has 0 saturated carbocycles. The molecule has 3 N–H and O–H groups in total. The molecule has 1 heterocycles. The van der Waals surface area contributed by atoms with Gasteiger partial charge in [-0.2, -0.15) is 0 Å². The summed E-state index contributed by atoms with van der Waals surface area (Å²) >= 11 is 0. The Morgan fingerprint density at radius 3 is 2.47 bits per heavy atom. The van der Waals surface area contributed by atoms with Gasteiger partial charge in [0.15, 0.2) is 0 Å². The van der Waals surface area contributed by atoms with Crippen LogP contribution in [0.15, 0.2) is 24.5 Å². The lowest BCUT2D eigenvalue weighted by molar-refractivity contribution is -0.121. The minimum Gasteiger partial charge on any atom is -0.352 e. The fourth-order valence-corrected chi connectivity index (χ4v) is 0.921. The van der Waals surface area contributed by atoms with Gasteiger partial charge in [0.05, 0.1) is 0 Å². The average molecular weight is 252 g/mol. The number of nitrogens with zero attached hydrogens (tertiary/aromatic N) is 1. The smallest absolute Gasteiger partial charge is 0.221 e. The van der Waals surface area contributed by atoms with E-state index in [0.29, 0.717) is 19.5 Å². The van der Waals surface area contributed by atoms with E-state index in [0.717, 1.165) is 5.56 Å². The van der Waals surface area contributed by atoms with Crippen molar-refractivity contribution in [3.05, 3.63) is 30.1 Å². The molecule has 6 heteroatoms. The van der Waals surface area contributed by atoms with Crippen molar-refractivity contribution in [2.24, 2.45) is 5.73 Å². The van der Waals surface area contributed by atoms with Crippen molar-refractivity contribution >= 4 is 30.7 Å². The molecule has 0 aliphatic rings. The zero-order valence-corrected chi connectivity index (χ0v) is 9.81. The highest BCUT2D eigenvalue weighted by Crippen LogP contribution is 1.94. The number of halogens is 2. The molecule has 0 aromatic carbocycles. The molecule has 0 bridgehead atoms. The maximum Gasteiger partial charge on any atom is 0.221 e. The van der Waals surface area contributed by atoms with E-state index < -0.39 is 0 Å². The van der Waals surface area contributed by atoms with Crippen LogP contribution >= 0.6 is 24.8 Å². The largest absolute Gasteiger partial charge is 0.352 e. The Morgan fingerprint density at radius 1 is 1.33 bits per heavy atom. The third-order valence-electron chi connectivity index (χ3n) is 1.61. The van der Waals surface area contributed by atoms with Crippen molar-refractivity contribution in [1.82, 2.24) is 10.3 Å². The SMILES string of the molecule is Cl.Cl.NCCC(=O)NCc1ccncc1. The molecule has 15 heavy (non-hydrogen) atoms. The number of hydrogen-bond acceptors (Lipinski definition) is 3. The number of rotatable bonds is 4. The van der Waals surface area contributed by atoms with Crippen LogP contribution < -0.4 is 11.1 Å².